The zero-order chi connectivity index (χ0) is 21.1. The summed E-state index contributed by atoms with van der Waals surface area (Å²) < 4.78 is 0. The van der Waals surface area contributed by atoms with Gasteiger partial charge in [0.25, 0.3) is 0 Å². The first-order valence-electron chi connectivity index (χ1n) is 8.54. The number of nitrogens with two attached hydrogens (primary N) is 1. The summed E-state index contributed by atoms with van der Waals surface area (Å²) in [6.45, 7) is 4.21. The minimum Gasteiger partial charge on any atom is -0.480 e. The largest absolute Gasteiger partial charge is 0.480 e. The van der Waals surface area contributed by atoms with E-state index in [9.17, 15) is 24.3 Å². The van der Waals surface area contributed by atoms with E-state index in [0.29, 0.717) is 5.75 Å². The Morgan fingerprint density at radius 2 is 1.52 bits per heavy atom. The van der Waals surface area contributed by atoms with Crippen molar-refractivity contribution in [1.29, 1.82) is 0 Å². The van der Waals surface area contributed by atoms with Gasteiger partial charge in [0.15, 0.2) is 0 Å². The molecule has 0 saturated heterocycles. The van der Waals surface area contributed by atoms with Crippen molar-refractivity contribution in [3.63, 3.8) is 0 Å². The van der Waals surface area contributed by atoms with Crippen LogP contribution in [0.25, 0.3) is 0 Å². The summed E-state index contributed by atoms with van der Waals surface area (Å²) in [6, 6.07) is -4.25. The fraction of sp³-hybridized carbons (Fsp3) is 0.750. The van der Waals surface area contributed by atoms with Crippen LogP contribution in [0.4, 0.5) is 0 Å². The summed E-state index contributed by atoms with van der Waals surface area (Å²) in [6.07, 6.45) is 2.01. The molecule has 27 heavy (non-hydrogen) atoms. The number of aliphatic hydroxyl groups is 1. The van der Waals surface area contributed by atoms with Gasteiger partial charge in [0.2, 0.25) is 17.7 Å². The van der Waals surface area contributed by atoms with Crippen molar-refractivity contribution in [2.75, 3.05) is 18.6 Å². The monoisotopic (exact) mass is 406 g/mol. The van der Waals surface area contributed by atoms with E-state index >= 15 is 0 Å². The van der Waals surface area contributed by atoms with Crippen molar-refractivity contribution in [3.8, 4) is 0 Å². The van der Waals surface area contributed by atoms with Crippen LogP contribution >= 0.6 is 11.8 Å². The molecule has 10 nitrogen and oxygen atoms in total. The van der Waals surface area contributed by atoms with E-state index in [-0.39, 0.29) is 12.3 Å². The Kier molecular flexibility index (Phi) is 11.7. The number of rotatable bonds is 12. The van der Waals surface area contributed by atoms with Crippen LogP contribution in [0, 0.1) is 5.92 Å². The van der Waals surface area contributed by atoms with Crippen molar-refractivity contribution in [3.05, 3.63) is 0 Å². The summed E-state index contributed by atoms with van der Waals surface area (Å²) in [5.41, 5.74) is 5.70. The molecule has 3 amide bonds. The second-order valence-corrected chi connectivity index (χ2v) is 7.41. The van der Waals surface area contributed by atoms with Gasteiger partial charge in [-0.25, -0.2) is 4.79 Å². The predicted molar refractivity (Wildman–Crippen MR) is 102 cm³/mol. The molecular weight excluding hydrogens is 376 g/mol. The van der Waals surface area contributed by atoms with Crippen molar-refractivity contribution >= 4 is 35.5 Å². The third kappa shape index (κ3) is 9.07. The summed E-state index contributed by atoms with van der Waals surface area (Å²) >= 11 is 1.43. The first-order valence-corrected chi connectivity index (χ1v) is 9.93. The van der Waals surface area contributed by atoms with Gasteiger partial charge in [0.1, 0.15) is 18.1 Å². The van der Waals surface area contributed by atoms with Crippen molar-refractivity contribution in [2.45, 2.75) is 51.4 Å². The van der Waals surface area contributed by atoms with E-state index in [1.54, 1.807) is 20.1 Å². The number of hydrogen-bond donors (Lipinski definition) is 6. The molecule has 4 atom stereocenters. The number of amides is 3. The van der Waals surface area contributed by atoms with E-state index < -0.39 is 54.5 Å². The van der Waals surface area contributed by atoms with E-state index in [4.69, 9.17) is 10.8 Å². The molecule has 0 aliphatic heterocycles. The lowest BCUT2D eigenvalue weighted by molar-refractivity contribution is -0.142. The maximum absolute atomic E-state index is 12.2. The van der Waals surface area contributed by atoms with Crippen LogP contribution < -0.4 is 21.7 Å². The Morgan fingerprint density at radius 3 is 1.96 bits per heavy atom. The van der Waals surface area contributed by atoms with E-state index in [1.165, 1.54) is 18.7 Å². The Balaban J connectivity index is 4.79. The number of carbonyl (C=O) groups excluding carboxylic acids is 3. The van der Waals surface area contributed by atoms with Gasteiger partial charge in [0, 0.05) is 0 Å². The van der Waals surface area contributed by atoms with Gasteiger partial charge in [0.05, 0.1) is 12.6 Å². The van der Waals surface area contributed by atoms with E-state index in [2.05, 4.69) is 16.0 Å². The molecule has 0 aromatic carbocycles. The standard InChI is InChI=1S/C16H30N4O6S/c1-8(2)12(17)15(24)18-9(3)13(22)20-11(7-21)14(23)19-10(16(25)26)5-6-27-4/h8-12,21H,5-7,17H2,1-4H3,(H,18,24)(H,19,23)(H,20,22)(H,25,26). The number of carbonyl (C=O) groups is 4. The number of thioether (sulfide) groups is 1. The number of aliphatic carboxylic acids is 1. The zero-order valence-electron chi connectivity index (χ0n) is 16.0. The van der Waals surface area contributed by atoms with E-state index in [1.807, 2.05) is 0 Å². The lowest BCUT2D eigenvalue weighted by atomic mass is 10.0. The highest BCUT2D eigenvalue weighted by Crippen LogP contribution is 2.02. The highest BCUT2D eigenvalue weighted by atomic mass is 32.2. The fourth-order valence-electron chi connectivity index (χ4n) is 1.93. The van der Waals surface area contributed by atoms with Crippen LogP contribution in [-0.4, -0.2) is 76.7 Å². The average molecular weight is 407 g/mol. The third-order valence-electron chi connectivity index (χ3n) is 3.81. The molecule has 0 aliphatic rings. The molecule has 0 spiro atoms. The summed E-state index contributed by atoms with van der Waals surface area (Å²) in [5.74, 6) is -2.84. The van der Waals surface area contributed by atoms with Crippen LogP contribution in [0.3, 0.4) is 0 Å². The van der Waals surface area contributed by atoms with Gasteiger partial charge in [-0.05, 0) is 31.3 Å². The molecule has 7 N–H and O–H groups in total. The number of hydrogen-bond acceptors (Lipinski definition) is 7. The lowest BCUT2D eigenvalue weighted by Gasteiger charge is -2.23. The summed E-state index contributed by atoms with van der Waals surface area (Å²) in [4.78, 5) is 47.4. The van der Waals surface area contributed by atoms with Gasteiger partial charge in [-0.3, -0.25) is 14.4 Å². The highest BCUT2D eigenvalue weighted by molar-refractivity contribution is 7.98. The molecule has 0 aromatic heterocycles. The second-order valence-electron chi connectivity index (χ2n) is 6.42. The van der Waals surface area contributed by atoms with Crippen LogP contribution in [0.5, 0.6) is 0 Å². The highest BCUT2D eigenvalue weighted by Gasteiger charge is 2.28. The third-order valence-corrected chi connectivity index (χ3v) is 4.46. The molecule has 0 saturated carbocycles. The fourth-order valence-corrected chi connectivity index (χ4v) is 2.41. The second kappa shape index (κ2) is 12.5. The van der Waals surface area contributed by atoms with Crippen LogP contribution in [-0.2, 0) is 19.2 Å². The minimum absolute atomic E-state index is 0.120. The summed E-state index contributed by atoms with van der Waals surface area (Å²) in [5, 5.41) is 25.5. The van der Waals surface area contributed by atoms with Gasteiger partial charge in [-0.1, -0.05) is 13.8 Å². The quantitative estimate of drug-likeness (QED) is 0.222. The average Bonchev–Trinajstić information content (AvgIpc) is 2.61. The Bertz CT molecular complexity index is 531. The predicted octanol–water partition coefficient (Wildman–Crippen LogP) is -1.73. The Morgan fingerprint density at radius 1 is 0.963 bits per heavy atom. The zero-order valence-corrected chi connectivity index (χ0v) is 16.8. The molecule has 0 bridgehead atoms. The van der Waals surface area contributed by atoms with Crippen LogP contribution in [0.15, 0.2) is 0 Å². The van der Waals surface area contributed by atoms with Gasteiger partial charge in [-0.2, -0.15) is 11.8 Å². The molecule has 4 unspecified atom stereocenters. The van der Waals surface area contributed by atoms with Crippen molar-refractivity contribution in [1.82, 2.24) is 16.0 Å². The normalized spacial score (nSPS) is 15.4. The molecule has 0 rings (SSSR count). The number of nitrogens with one attached hydrogen (secondary N) is 3. The number of aliphatic hydroxyl groups excluding tert-OH is 1. The molecule has 156 valence electrons. The molecule has 0 aliphatic carbocycles. The molecule has 0 heterocycles. The SMILES string of the molecule is CSCCC(NC(=O)C(CO)NC(=O)C(C)NC(=O)C(N)C(C)C)C(=O)O. The molecule has 0 radical (unpaired) electrons. The first kappa shape index (κ1) is 25.1. The first-order chi connectivity index (χ1) is 12.5. The Hall–Kier alpha value is -1.85. The number of carboxylic acid groups (broad SMARTS) is 1. The van der Waals surface area contributed by atoms with Gasteiger partial charge >= 0.3 is 5.97 Å². The maximum Gasteiger partial charge on any atom is 0.326 e. The van der Waals surface area contributed by atoms with Gasteiger partial charge in [-0.15, -0.1) is 0 Å². The Labute approximate surface area is 163 Å². The minimum atomic E-state index is -1.34. The smallest absolute Gasteiger partial charge is 0.326 e. The summed E-state index contributed by atoms with van der Waals surface area (Å²) in [7, 11) is 0. The maximum atomic E-state index is 12.2. The van der Waals surface area contributed by atoms with E-state index in [0.717, 1.165) is 0 Å². The van der Waals surface area contributed by atoms with Crippen LogP contribution in [0.1, 0.15) is 27.2 Å². The molecular formula is C16H30N4O6S. The lowest BCUT2D eigenvalue weighted by Crippen LogP contribution is -2.57. The molecule has 0 fully saturated rings. The molecule has 0 aromatic rings. The topological polar surface area (TPSA) is 171 Å². The molecule has 11 heteroatoms. The van der Waals surface area contributed by atoms with Crippen molar-refractivity contribution in [2.24, 2.45) is 11.7 Å². The number of carboxylic acids is 1. The van der Waals surface area contributed by atoms with Gasteiger partial charge < -0.3 is 31.9 Å². The van der Waals surface area contributed by atoms with Crippen LogP contribution in [0.2, 0.25) is 0 Å². The van der Waals surface area contributed by atoms with Crippen molar-refractivity contribution < 1.29 is 29.4 Å².